The lowest BCUT2D eigenvalue weighted by molar-refractivity contribution is 0.0257. The van der Waals surface area contributed by atoms with Gasteiger partial charge in [-0.25, -0.2) is 18.7 Å². The summed E-state index contributed by atoms with van der Waals surface area (Å²) in [5.74, 6) is -2.78. The standard InChI is InChI=1S/C24H20F2N6O/c1-15-19(17-7-8-18-27-10-12-30(18)13-17)23(33)32-22(28-15)21(31-11-9-24(25,26)14-31)20(29-32)16-5-3-2-4-6-16/h2-8,10,12-13,29H,9,11,14H2,1H3. The summed E-state index contributed by atoms with van der Waals surface area (Å²) in [5.41, 5.74) is 4.44. The van der Waals surface area contributed by atoms with Crippen molar-refractivity contribution in [1.29, 1.82) is 0 Å². The van der Waals surface area contributed by atoms with Crippen molar-refractivity contribution in [2.24, 2.45) is 0 Å². The molecule has 1 saturated heterocycles. The maximum absolute atomic E-state index is 14.1. The number of halogens is 2. The van der Waals surface area contributed by atoms with Gasteiger partial charge in [0, 0.05) is 42.7 Å². The van der Waals surface area contributed by atoms with Crippen molar-refractivity contribution in [3.8, 4) is 22.4 Å². The zero-order valence-electron chi connectivity index (χ0n) is 17.8. The smallest absolute Gasteiger partial charge is 0.280 e. The number of aryl methyl sites for hydroxylation is 1. The van der Waals surface area contributed by atoms with E-state index in [1.54, 1.807) is 18.0 Å². The van der Waals surface area contributed by atoms with E-state index in [9.17, 15) is 13.6 Å². The number of alkyl halides is 2. The summed E-state index contributed by atoms with van der Waals surface area (Å²) in [6, 6.07) is 13.1. The van der Waals surface area contributed by atoms with Gasteiger partial charge in [-0.1, -0.05) is 30.3 Å². The van der Waals surface area contributed by atoms with Gasteiger partial charge in [-0.3, -0.25) is 9.89 Å². The normalized spacial score (nSPS) is 15.7. The first kappa shape index (κ1) is 19.7. The third kappa shape index (κ3) is 3.11. The Hall–Kier alpha value is -4.01. The molecular formula is C24H20F2N6O. The van der Waals surface area contributed by atoms with Gasteiger partial charge in [0.15, 0.2) is 5.65 Å². The van der Waals surface area contributed by atoms with Gasteiger partial charge in [-0.05, 0) is 19.1 Å². The highest BCUT2D eigenvalue weighted by atomic mass is 19.3. The molecule has 0 unspecified atom stereocenters. The monoisotopic (exact) mass is 446 g/mol. The fraction of sp³-hybridized carbons (Fsp3) is 0.208. The summed E-state index contributed by atoms with van der Waals surface area (Å²) in [7, 11) is 0. The number of rotatable bonds is 3. The highest BCUT2D eigenvalue weighted by Gasteiger charge is 2.40. The number of aromatic nitrogens is 5. The van der Waals surface area contributed by atoms with Crippen molar-refractivity contribution in [2.75, 3.05) is 18.0 Å². The molecule has 1 aromatic carbocycles. The van der Waals surface area contributed by atoms with Crippen LogP contribution in [0.2, 0.25) is 0 Å². The van der Waals surface area contributed by atoms with Gasteiger partial charge >= 0.3 is 0 Å². The predicted octanol–water partition coefficient (Wildman–Crippen LogP) is 4.16. The number of nitrogens with zero attached hydrogens (tertiary/aromatic N) is 5. The molecule has 5 heterocycles. The third-order valence-electron chi connectivity index (χ3n) is 6.16. The fourth-order valence-electron chi connectivity index (χ4n) is 4.60. The maximum Gasteiger partial charge on any atom is 0.280 e. The van der Waals surface area contributed by atoms with Gasteiger partial charge in [-0.15, -0.1) is 0 Å². The number of hydrogen-bond acceptors (Lipinski definition) is 4. The molecule has 1 aliphatic rings. The van der Waals surface area contributed by atoms with Crippen LogP contribution in [0, 0.1) is 6.92 Å². The molecule has 0 bridgehead atoms. The first-order valence-corrected chi connectivity index (χ1v) is 10.7. The number of benzene rings is 1. The predicted molar refractivity (Wildman–Crippen MR) is 122 cm³/mol. The molecule has 0 spiro atoms. The average molecular weight is 446 g/mol. The molecule has 5 aromatic rings. The van der Waals surface area contributed by atoms with E-state index in [1.165, 1.54) is 4.52 Å². The van der Waals surface area contributed by atoms with Crippen molar-refractivity contribution in [2.45, 2.75) is 19.3 Å². The van der Waals surface area contributed by atoms with Crippen LogP contribution in [0.1, 0.15) is 12.1 Å². The SMILES string of the molecule is Cc1nc2c(N3CCC(F)(F)C3)c(-c3ccccc3)[nH]n2c(=O)c1-c1ccc2nccn2c1. The second-order valence-electron chi connectivity index (χ2n) is 8.38. The number of aromatic amines is 1. The summed E-state index contributed by atoms with van der Waals surface area (Å²) < 4.78 is 31.4. The average Bonchev–Trinajstić information content (AvgIpc) is 3.50. The van der Waals surface area contributed by atoms with Crippen molar-refractivity contribution >= 4 is 17.0 Å². The van der Waals surface area contributed by atoms with Gasteiger partial charge < -0.3 is 9.30 Å². The molecule has 1 N–H and O–H groups in total. The summed E-state index contributed by atoms with van der Waals surface area (Å²) >= 11 is 0. The van der Waals surface area contributed by atoms with Crippen LogP contribution in [0.5, 0.6) is 0 Å². The Morgan fingerprint density at radius 3 is 2.67 bits per heavy atom. The lowest BCUT2D eigenvalue weighted by Crippen LogP contribution is -2.26. The minimum absolute atomic E-state index is 0.189. The second-order valence-corrected chi connectivity index (χ2v) is 8.38. The van der Waals surface area contributed by atoms with E-state index in [4.69, 9.17) is 4.98 Å². The Labute approximate surface area is 186 Å². The Kier molecular flexibility index (Phi) is 4.17. The molecule has 166 valence electrons. The highest BCUT2D eigenvalue weighted by molar-refractivity contribution is 5.87. The van der Waals surface area contributed by atoms with E-state index < -0.39 is 12.5 Å². The first-order chi connectivity index (χ1) is 15.9. The van der Waals surface area contributed by atoms with Crippen LogP contribution in [0.15, 0.2) is 65.8 Å². The first-order valence-electron chi connectivity index (χ1n) is 10.7. The van der Waals surface area contributed by atoms with E-state index in [2.05, 4.69) is 10.1 Å². The molecule has 0 saturated carbocycles. The van der Waals surface area contributed by atoms with Crippen LogP contribution in [-0.4, -0.2) is 43.0 Å². The Morgan fingerprint density at radius 1 is 1.09 bits per heavy atom. The number of nitrogens with one attached hydrogen (secondary N) is 1. The highest BCUT2D eigenvalue weighted by Crippen LogP contribution is 2.39. The number of hydrogen-bond donors (Lipinski definition) is 1. The summed E-state index contributed by atoms with van der Waals surface area (Å²) in [6.45, 7) is 1.55. The molecule has 7 nitrogen and oxygen atoms in total. The molecule has 0 radical (unpaired) electrons. The summed E-state index contributed by atoms with van der Waals surface area (Å²) in [5, 5.41) is 3.16. The molecule has 1 aliphatic heterocycles. The number of pyridine rings is 1. The van der Waals surface area contributed by atoms with Crippen molar-refractivity contribution < 1.29 is 8.78 Å². The van der Waals surface area contributed by atoms with Crippen molar-refractivity contribution in [3.05, 3.63) is 77.1 Å². The van der Waals surface area contributed by atoms with Gasteiger partial charge in [0.05, 0.1) is 23.5 Å². The lowest BCUT2D eigenvalue weighted by atomic mass is 10.1. The lowest BCUT2D eigenvalue weighted by Gasteiger charge is -2.18. The zero-order chi connectivity index (χ0) is 22.7. The molecule has 9 heteroatoms. The van der Waals surface area contributed by atoms with Gasteiger partial charge in [0.1, 0.15) is 11.3 Å². The summed E-state index contributed by atoms with van der Waals surface area (Å²) in [4.78, 5) is 24.3. The Balaban J connectivity index is 1.61. The quantitative estimate of drug-likeness (QED) is 0.452. The largest absolute Gasteiger partial charge is 0.360 e. The topological polar surface area (TPSA) is 70.7 Å². The van der Waals surface area contributed by atoms with E-state index in [1.807, 2.05) is 59.3 Å². The fourth-order valence-corrected chi connectivity index (χ4v) is 4.60. The number of H-pyrrole nitrogens is 1. The van der Waals surface area contributed by atoms with E-state index in [0.717, 1.165) is 11.2 Å². The number of fused-ring (bicyclic) bond motifs is 2. The minimum Gasteiger partial charge on any atom is -0.360 e. The summed E-state index contributed by atoms with van der Waals surface area (Å²) in [6.07, 6.45) is 5.11. The zero-order valence-corrected chi connectivity index (χ0v) is 17.8. The Bertz CT molecular complexity index is 1570. The van der Waals surface area contributed by atoms with E-state index in [-0.39, 0.29) is 18.5 Å². The van der Waals surface area contributed by atoms with Gasteiger partial charge in [0.2, 0.25) is 0 Å². The molecule has 0 amide bonds. The molecule has 0 atom stereocenters. The molecule has 6 rings (SSSR count). The molecular weight excluding hydrogens is 426 g/mol. The van der Waals surface area contributed by atoms with E-state index >= 15 is 0 Å². The van der Waals surface area contributed by atoms with Crippen LogP contribution in [0.25, 0.3) is 33.7 Å². The van der Waals surface area contributed by atoms with Crippen LogP contribution >= 0.6 is 0 Å². The van der Waals surface area contributed by atoms with Crippen LogP contribution in [0.3, 0.4) is 0 Å². The van der Waals surface area contributed by atoms with Gasteiger partial charge in [-0.2, -0.15) is 4.52 Å². The van der Waals surface area contributed by atoms with Crippen LogP contribution < -0.4 is 10.5 Å². The molecule has 0 aliphatic carbocycles. The minimum atomic E-state index is -2.78. The van der Waals surface area contributed by atoms with Crippen LogP contribution in [0.4, 0.5) is 14.5 Å². The van der Waals surface area contributed by atoms with E-state index in [0.29, 0.717) is 33.8 Å². The molecule has 33 heavy (non-hydrogen) atoms. The second kappa shape index (κ2) is 6.99. The van der Waals surface area contributed by atoms with Gasteiger partial charge in [0.25, 0.3) is 11.5 Å². The van der Waals surface area contributed by atoms with Crippen molar-refractivity contribution in [1.82, 2.24) is 24.0 Å². The number of anilines is 1. The Morgan fingerprint density at radius 2 is 1.91 bits per heavy atom. The van der Waals surface area contributed by atoms with Crippen LogP contribution in [-0.2, 0) is 0 Å². The number of imidazole rings is 1. The molecule has 4 aromatic heterocycles. The third-order valence-corrected chi connectivity index (χ3v) is 6.16. The molecule has 1 fully saturated rings. The van der Waals surface area contributed by atoms with Crippen molar-refractivity contribution in [3.63, 3.8) is 0 Å². The maximum atomic E-state index is 14.1.